The molecule has 22 heavy (non-hydrogen) atoms. The lowest BCUT2D eigenvalue weighted by Gasteiger charge is -2.27. The number of carbonyl (C=O) groups is 2. The van der Waals surface area contributed by atoms with Crippen molar-refractivity contribution in [3.8, 4) is 0 Å². The highest BCUT2D eigenvalue weighted by molar-refractivity contribution is 8.00. The molecule has 0 aliphatic carbocycles. The highest BCUT2D eigenvalue weighted by Gasteiger charge is 2.25. The smallest absolute Gasteiger partial charge is 0.242 e. The summed E-state index contributed by atoms with van der Waals surface area (Å²) < 4.78 is 0. The van der Waals surface area contributed by atoms with Crippen molar-refractivity contribution >= 4 is 35.2 Å². The molecule has 1 aromatic rings. The van der Waals surface area contributed by atoms with Crippen molar-refractivity contribution in [2.45, 2.75) is 20.4 Å². The molecule has 0 saturated carbocycles. The highest BCUT2D eigenvalue weighted by Crippen LogP contribution is 2.17. The average molecular weight is 341 g/mol. The van der Waals surface area contributed by atoms with Gasteiger partial charge in [-0.25, -0.2) is 0 Å². The molecule has 1 aliphatic rings. The summed E-state index contributed by atoms with van der Waals surface area (Å²) in [4.78, 5) is 27.7. The monoisotopic (exact) mass is 340 g/mol. The Kier molecular flexibility index (Phi) is 6.15. The second-order valence-corrected chi connectivity index (χ2v) is 7.26. The molecule has 0 radical (unpaired) electrons. The number of amides is 2. The Morgan fingerprint density at radius 1 is 1.45 bits per heavy atom. The SMILES string of the molecule is CC(C)CN(Cc1cccc(Cl)c1)C(=O)CN1CSCC1=O. The van der Waals surface area contributed by atoms with Gasteiger partial charge in [-0.2, -0.15) is 0 Å². The molecule has 6 heteroatoms. The van der Waals surface area contributed by atoms with Crippen LogP contribution >= 0.6 is 23.4 Å². The van der Waals surface area contributed by atoms with Gasteiger partial charge in [-0.15, -0.1) is 11.8 Å². The van der Waals surface area contributed by atoms with Gasteiger partial charge in [0, 0.05) is 18.1 Å². The van der Waals surface area contributed by atoms with E-state index in [1.165, 1.54) is 0 Å². The minimum Gasteiger partial charge on any atom is -0.337 e. The zero-order chi connectivity index (χ0) is 16.1. The van der Waals surface area contributed by atoms with E-state index in [1.54, 1.807) is 16.7 Å². The van der Waals surface area contributed by atoms with E-state index in [4.69, 9.17) is 11.6 Å². The number of carbonyl (C=O) groups excluding carboxylic acids is 2. The Bertz CT molecular complexity index is 551. The lowest BCUT2D eigenvalue weighted by Crippen LogP contribution is -2.42. The molecule has 1 aliphatic heterocycles. The summed E-state index contributed by atoms with van der Waals surface area (Å²) in [5, 5.41) is 0.667. The summed E-state index contributed by atoms with van der Waals surface area (Å²) in [7, 11) is 0. The van der Waals surface area contributed by atoms with Crippen LogP contribution in [0.25, 0.3) is 0 Å². The number of benzene rings is 1. The van der Waals surface area contributed by atoms with Crippen LogP contribution in [0.3, 0.4) is 0 Å². The average Bonchev–Trinajstić information content (AvgIpc) is 2.83. The van der Waals surface area contributed by atoms with Gasteiger partial charge in [0.1, 0.15) is 6.54 Å². The molecule has 2 rings (SSSR count). The number of rotatable bonds is 6. The van der Waals surface area contributed by atoms with Gasteiger partial charge in [0.25, 0.3) is 0 Å². The van der Waals surface area contributed by atoms with E-state index in [2.05, 4.69) is 13.8 Å². The van der Waals surface area contributed by atoms with Crippen LogP contribution in [0.4, 0.5) is 0 Å². The summed E-state index contributed by atoms with van der Waals surface area (Å²) >= 11 is 7.56. The number of thioether (sulfide) groups is 1. The van der Waals surface area contributed by atoms with Crippen LogP contribution in [0.5, 0.6) is 0 Å². The van der Waals surface area contributed by atoms with Gasteiger partial charge in [-0.3, -0.25) is 9.59 Å². The molecule has 0 unspecified atom stereocenters. The molecule has 0 atom stereocenters. The minimum atomic E-state index is -0.00970. The molecule has 2 amide bonds. The van der Waals surface area contributed by atoms with Crippen molar-refractivity contribution in [1.29, 1.82) is 0 Å². The zero-order valence-corrected chi connectivity index (χ0v) is 14.5. The molecule has 1 heterocycles. The van der Waals surface area contributed by atoms with E-state index >= 15 is 0 Å². The first-order valence-electron chi connectivity index (χ1n) is 7.33. The first-order valence-corrected chi connectivity index (χ1v) is 8.86. The first kappa shape index (κ1) is 17.2. The maximum Gasteiger partial charge on any atom is 0.242 e. The Balaban J connectivity index is 2.04. The molecule has 0 N–H and O–H groups in total. The summed E-state index contributed by atoms with van der Waals surface area (Å²) in [6.45, 7) is 5.51. The van der Waals surface area contributed by atoms with E-state index in [0.717, 1.165) is 5.56 Å². The predicted octanol–water partition coefficient (Wildman–Crippen LogP) is 2.86. The quantitative estimate of drug-likeness (QED) is 0.799. The van der Waals surface area contributed by atoms with Gasteiger partial charge in [0.2, 0.25) is 11.8 Å². The summed E-state index contributed by atoms with van der Waals surface area (Å²) in [6, 6.07) is 7.54. The Hall–Kier alpha value is -1.20. The van der Waals surface area contributed by atoms with E-state index < -0.39 is 0 Å². The number of hydrogen-bond acceptors (Lipinski definition) is 3. The number of nitrogens with zero attached hydrogens (tertiary/aromatic N) is 2. The van der Waals surface area contributed by atoms with Crippen molar-refractivity contribution in [3.05, 3.63) is 34.9 Å². The van der Waals surface area contributed by atoms with Crippen LogP contribution in [0, 0.1) is 5.92 Å². The van der Waals surface area contributed by atoms with Crippen molar-refractivity contribution in [1.82, 2.24) is 9.80 Å². The third kappa shape index (κ3) is 4.92. The fourth-order valence-corrected chi connectivity index (χ4v) is 3.47. The minimum absolute atomic E-state index is 0.00970. The molecule has 1 fully saturated rings. The van der Waals surface area contributed by atoms with Crippen molar-refractivity contribution < 1.29 is 9.59 Å². The normalized spacial score (nSPS) is 14.7. The maximum atomic E-state index is 12.6. The van der Waals surface area contributed by atoms with Crippen LogP contribution in [0.1, 0.15) is 19.4 Å². The molecular weight excluding hydrogens is 320 g/mol. The summed E-state index contributed by atoms with van der Waals surface area (Å²) in [6.07, 6.45) is 0. The predicted molar refractivity (Wildman–Crippen MR) is 90.7 cm³/mol. The molecular formula is C16H21ClN2O2S. The molecule has 0 aromatic heterocycles. The van der Waals surface area contributed by atoms with Crippen LogP contribution in [0.2, 0.25) is 5.02 Å². The van der Waals surface area contributed by atoms with Crippen molar-refractivity contribution in [2.75, 3.05) is 24.7 Å². The van der Waals surface area contributed by atoms with E-state index in [0.29, 0.717) is 35.7 Å². The molecule has 0 spiro atoms. The molecule has 1 aromatic carbocycles. The molecule has 0 bridgehead atoms. The van der Waals surface area contributed by atoms with Crippen LogP contribution in [-0.2, 0) is 16.1 Å². The molecule has 1 saturated heterocycles. The maximum absolute atomic E-state index is 12.6. The second kappa shape index (κ2) is 7.88. The number of halogens is 1. The fourth-order valence-electron chi connectivity index (χ4n) is 2.35. The molecule has 120 valence electrons. The van der Waals surface area contributed by atoms with E-state index in [1.807, 2.05) is 29.2 Å². The van der Waals surface area contributed by atoms with E-state index in [9.17, 15) is 9.59 Å². The zero-order valence-electron chi connectivity index (χ0n) is 12.9. The summed E-state index contributed by atoms with van der Waals surface area (Å²) in [5.41, 5.74) is 1.00. The molecule has 4 nitrogen and oxygen atoms in total. The van der Waals surface area contributed by atoms with Gasteiger partial charge >= 0.3 is 0 Å². The summed E-state index contributed by atoms with van der Waals surface area (Å²) in [5.74, 6) is 1.49. The van der Waals surface area contributed by atoms with Crippen molar-refractivity contribution in [2.24, 2.45) is 5.92 Å². The van der Waals surface area contributed by atoms with Gasteiger partial charge in [-0.05, 0) is 23.6 Å². The van der Waals surface area contributed by atoms with Crippen LogP contribution < -0.4 is 0 Å². The Labute approximate surface area is 140 Å². The lowest BCUT2D eigenvalue weighted by molar-refractivity contribution is -0.138. The van der Waals surface area contributed by atoms with E-state index in [-0.39, 0.29) is 18.4 Å². The Morgan fingerprint density at radius 2 is 2.23 bits per heavy atom. The Morgan fingerprint density at radius 3 is 2.82 bits per heavy atom. The highest BCUT2D eigenvalue weighted by atomic mass is 35.5. The van der Waals surface area contributed by atoms with Crippen molar-refractivity contribution in [3.63, 3.8) is 0 Å². The van der Waals surface area contributed by atoms with Gasteiger partial charge in [0.05, 0.1) is 11.6 Å². The standard InChI is InChI=1S/C16H21ClN2O2S/c1-12(2)7-18(8-13-4-3-5-14(17)6-13)15(20)9-19-11-22-10-16(19)21/h3-6,12H,7-11H2,1-2H3. The topological polar surface area (TPSA) is 40.6 Å². The third-order valence-electron chi connectivity index (χ3n) is 3.35. The number of hydrogen-bond donors (Lipinski definition) is 0. The van der Waals surface area contributed by atoms with Gasteiger partial charge in [0.15, 0.2) is 0 Å². The first-order chi connectivity index (χ1) is 10.5. The fraction of sp³-hybridized carbons (Fsp3) is 0.500. The second-order valence-electron chi connectivity index (χ2n) is 5.87. The van der Waals surface area contributed by atoms with Gasteiger partial charge in [-0.1, -0.05) is 37.6 Å². The third-order valence-corrected chi connectivity index (χ3v) is 4.53. The van der Waals surface area contributed by atoms with Gasteiger partial charge < -0.3 is 9.80 Å². The largest absolute Gasteiger partial charge is 0.337 e. The van der Waals surface area contributed by atoms with Crippen LogP contribution in [0.15, 0.2) is 24.3 Å². The van der Waals surface area contributed by atoms with Crippen LogP contribution in [-0.4, -0.2) is 46.3 Å². The lowest BCUT2D eigenvalue weighted by atomic mass is 10.1.